The van der Waals surface area contributed by atoms with Gasteiger partial charge in [0.05, 0.1) is 0 Å². The lowest BCUT2D eigenvalue weighted by Gasteiger charge is -2.29. The van der Waals surface area contributed by atoms with Crippen molar-refractivity contribution in [3.63, 3.8) is 0 Å². The predicted octanol–water partition coefficient (Wildman–Crippen LogP) is -0.771. The van der Waals surface area contributed by atoms with Crippen molar-refractivity contribution in [1.29, 1.82) is 0 Å². The van der Waals surface area contributed by atoms with E-state index < -0.39 is 23.4 Å². The van der Waals surface area contributed by atoms with Gasteiger partial charge in [0.15, 0.2) is 0 Å². The highest BCUT2D eigenvalue weighted by Crippen LogP contribution is 2.44. The van der Waals surface area contributed by atoms with E-state index in [-0.39, 0.29) is 31.0 Å². The van der Waals surface area contributed by atoms with E-state index >= 15 is 0 Å². The van der Waals surface area contributed by atoms with Crippen LogP contribution in [0.5, 0.6) is 0 Å². The summed E-state index contributed by atoms with van der Waals surface area (Å²) in [4.78, 5) is 24.1. The van der Waals surface area contributed by atoms with E-state index in [4.69, 9.17) is 21.2 Å². The van der Waals surface area contributed by atoms with Crippen molar-refractivity contribution in [2.24, 2.45) is 23.5 Å². The predicted molar refractivity (Wildman–Crippen MR) is 105 cm³/mol. The van der Waals surface area contributed by atoms with Gasteiger partial charge in [-0.05, 0) is 50.0 Å². The van der Waals surface area contributed by atoms with Crippen LogP contribution in [0.4, 0.5) is 0 Å². The van der Waals surface area contributed by atoms with Crippen molar-refractivity contribution >= 4 is 11.8 Å². The molecule has 0 saturated heterocycles. The molecular weight excluding hydrogens is 374 g/mol. The number of nitrogens with one attached hydrogen (secondary N) is 2. The number of nitrogens with two attached hydrogens (primary N) is 1. The highest BCUT2D eigenvalue weighted by atomic mass is 16.5. The maximum atomic E-state index is 12.4. The van der Waals surface area contributed by atoms with Crippen molar-refractivity contribution < 1.29 is 25.0 Å². The number of amides is 2. The van der Waals surface area contributed by atoms with Gasteiger partial charge in [-0.25, -0.2) is 5.48 Å². The summed E-state index contributed by atoms with van der Waals surface area (Å²) in [5.41, 5.74) is 7.25. The van der Waals surface area contributed by atoms with E-state index in [1.807, 2.05) is 0 Å². The topological polar surface area (TPSA) is 145 Å². The lowest BCUT2D eigenvalue weighted by atomic mass is 9.95. The number of hydrogen-bond acceptors (Lipinski definition) is 6. The van der Waals surface area contributed by atoms with Gasteiger partial charge in [0.1, 0.15) is 6.04 Å². The Balaban J connectivity index is 2.00. The molecule has 0 spiro atoms. The van der Waals surface area contributed by atoms with E-state index in [2.05, 4.69) is 29.0 Å². The van der Waals surface area contributed by atoms with Gasteiger partial charge in [-0.2, -0.15) is 0 Å². The van der Waals surface area contributed by atoms with Crippen molar-refractivity contribution in [2.75, 3.05) is 13.2 Å². The zero-order valence-electron chi connectivity index (χ0n) is 16.3. The molecule has 7 N–H and O–H groups in total. The molecule has 1 aliphatic carbocycles. The van der Waals surface area contributed by atoms with Gasteiger partial charge < -0.3 is 21.3 Å². The summed E-state index contributed by atoms with van der Waals surface area (Å²) >= 11 is 0. The Labute approximate surface area is 169 Å². The second kappa shape index (κ2) is 9.55. The summed E-state index contributed by atoms with van der Waals surface area (Å²) in [5.74, 6) is 9.91. The summed E-state index contributed by atoms with van der Waals surface area (Å²) in [7, 11) is 0. The van der Waals surface area contributed by atoms with Gasteiger partial charge in [-0.1, -0.05) is 11.8 Å². The molecule has 0 aliphatic heterocycles. The fourth-order valence-corrected chi connectivity index (χ4v) is 2.95. The minimum Gasteiger partial charge on any atom is -0.396 e. The Bertz CT molecular complexity index is 858. The number of carbonyl (C=O) groups is 2. The minimum atomic E-state index is -1.12. The molecule has 8 heteroatoms. The number of benzene rings is 1. The maximum Gasteiger partial charge on any atom is 0.267 e. The molecular formula is C21H25N3O5. The summed E-state index contributed by atoms with van der Waals surface area (Å²) in [6, 6.07) is 5.26. The largest absolute Gasteiger partial charge is 0.396 e. The van der Waals surface area contributed by atoms with Crippen LogP contribution in [0.15, 0.2) is 24.3 Å². The zero-order valence-corrected chi connectivity index (χ0v) is 16.3. The molecule has 1 aromatic rings. The van der Waals surface area contributed by atoms with E-state index in [1.54, 1.807) is 38.1 Å². The first-order valence-corrected chi connectivity index (χ1v) is 9.10. The molecule has 2 amide bonds. The molecule has 154 valence electrons. The SMILES string of the molecule is CC(C)(N)[C@H](NC(=O)c1ccc(C#CC#CC2[C@@H](CO)[C@H]2CO)cc1)C(=O)NO. The van der Waals surface area contributed by atoms with Crippen molar-refractivity contribution in [2.45, 2.75) is 25.4 Å². The van der Waals surface area contributed by atoms with Crippen LogP contribution in [0.2, 0.25) is 0 Å². The quantitative estimate of drug-likeness (QED) is 0.210. The normalized spacial score (nSPS) is 21.0. The standard InChI is InChI=1S/C21H25N3O5/c1-21(2,22)18(20(28)24-29)23-19(27)14-9-7-13(8-10-14)5-3-4-6-15-16(11-25)17(15)12-26/h7-10,15-18,25-26,29H,11-12,22H2,1-2H3,(H,23,27)(H,24,28)/t15?,16-,17+,18-/m1/s1. The zero-order chi connectivity index (χ0) is 21.6. The fraction of sp³-hybridized carbons (Fsp3) is 0.429. The average molecular weight is 399 g/mol. The van der Waals surface area contributed by atoms with Crippen molar-refractivity contribution in [3.05, 3.63) is 35.4 Å². The molecule has 0 radical (unpaired) electrons. The highest BCUT2D eigenvalue weighted by molar-refractivity contribution is 5.97. The van der Waals surface area contributed by atoms with Gasteiger partial charge in [-0.15, -0.1) is 0 Å². The van der Waals surface area contributed by atoms with Crippen molar-refractivity contribution in [1.82, 2.24) is 10.8 Å². The van der Waals surface area contributed by atoms with Crippen LogP contribution in [0.1, 0.15) is 29.8 Å². The van der Waals surface area contributed by atoms with Crippen LogP contribution in [0.25, 0.3) is 0 Å². The number of carbonyl (C=O) groups excluding carboxylic acids is 2. The molecule has 0 heterocycles. The summed E-state index contributed by atoms with van der Waals surface area (Å²) < 4.78 is 0. The monoisotopic (exact) mass is 399 g/mol. The first-order valence-electron chi connectivity index (χ1n) is 9.10. The molecule has 0 aromatic heterocycles. The molecule has 1 unspecified atom stereocenters. The third kappa shape index (κ3) is 5.80. The van der Waals surface area contributed by atoms with Gasteiger partial charge in [0.2, 0.25) is 0 Å². The van der Waals surface area contributed by atoms with Crippen LogP contribution in [-0.2, 0) is 4.79 Å². The van der Waals surface area contributed by atoms with E-state index in [0.29, 0.717) is 11.1 Å². The van der Waals surface area contributed by atoms with Crippen LogP contribution >= 0.6 is 0 Å². The molecule has 8 nitrogen and oxygen atoms in total. The third-order valence-electron chi connectivity index (χ3n) is 4.80. The number of aliphatic hydroxyl groups excluding tert-OH is 2. The highest BCUT2D eigenvalue weighted by Gasteiger charge is 2.48. The number of hydroxylamine groups is 1. The van der Waals surface area contributed by atoms with Crippen LogP contribution < -0.4 is 16.5 Å². The Morgan fingerprint density at radius 3 is 2.21 bits per heavy atom. The Hall–Kier alpha value is -2.88. The van der Waals surface area contributed by atoms with Gasteiger partial charge in [0.25, 0.3) is 11.8 Å². The molecule has 29 heavy (non-hydrogen) atoms. The maximum absolute atomic E-state index is 12.4. The minimum absolute atomic E-state index is 0.00366. The number of hydrogen-bond donors (Lipinski definition) is 6. The van der Waals surface area contributed by atoms with Crippen molar-refractivity contribution in [3.8, 4) is 23.7 Å². The molecule has 2 rings (SSSR count). The van der Waals surface area contributed by atoms with Crippen LogP contribution in [-0.4, -0.2) is 52.0 Å². The Morgan fingerprint density at radius 1 is 1.14 bits per heavy atom. The number of rotatable bonds is 6. The summed E-state index contributed by atoms with van der Waals surface area (Å²) in [6.45, 7) is 3.12. The molecule has 4 atom stereocenters. The molecule has 1 saturated carbocycles. The molecule has 0 bridgehead atoms. The van der Waals surface area contributed by atoms with Crippen LogP contribution in [0.3, 0.4) is 0 Å². The summed E-state index contributed by atoms with van der Waals surface area (Å²) in [6.07, 6.45) is 0. The second-order valence-corrected chi connectivity index (χ2v) is 7.52. The second-order valence-electron chi connectivity index (χ2n) is 7.52. The van der Waals surface area contributed by atoms with Crippen LogP contribution in [0, 0.1) is 41.4 Å². The smallest absolute Gasteiger partial charge is 0.267 e. The summed E-state index contributed by atoms with van der Waals surface area (Å²) in [5, 5.41) is 29.6. The van der Waals surface area contributed by atoms with Gasteiger partial charge >= 0.3 is 0 Å². The number of aliphatic hydroxyl groups is 2. The van der Waals surface area contributed by atoms with Gasteiger partial charge in [0, 0.05) is 47.6 Å². The fourth-order valence-electron chi connectivity index (χ4n) is 2.95. The Morgan fingerprint density at radius 2 is 1.72 bits per heavy atom. The molecule has 1 aromatic carbocycles. The lowest BCUT2D eigenvalue weighted by Crippen LogP contribution is -2.61. The lowest BCUT2D eigenvalue weighted by molar-refractivity contribution is -0.132. The van der Waals surface area contributed by atoms with Gasteiger partial charge in [-0.3, -0.25) is 14.8 Å². The first-order chi connectivity index (χ1) is 13.7. The first kappa shape index (κ1) is 22.4. The molecule has 1 fully saturated rings. The van der Waals surface area contributed by atoms with E-state index in [1.165, 1.54) is 5.48 Å². The molecule has 1 aliphatic rings. The average Bonchev–Trinajstić information content (AvgIpc) is 3.40. The third-order valence-corrected chi connectivity index (χ3v) is 4.80. The van der Waals surface area contributed by atoms with E-state index in [9.17, 15) is 9.59 Å². The van der Waals surface area contributed by atoms with E-state index in [0.717, 1.165) is 0 Å². The Kier molecular flexibility index (Phi) is 7.38.